The highest BCUT2D eigenvalue weighted by atomic mass is 16.2. The van der Waals surface area contributed by atoms with Crippen LogP contribution in [0.15, 0.2) is 0 Å². The Labute approximate surface area is 80.5 Å². The summed E-state index contributed by atoms with van der Waals surface area (Å²) in [5, 5.41) is 3.23. The first-order valence-corrected chi connectivity index (χ1v) is 4.79. The van der Waals surface area contributed by atoms with E-state index in [0.717, 1.165) is 32.5 Å². The Hall–Kier alpha value is -0.610. The fourth-order valence-corrected chi connectivity index (χ4v) is 0.940. The summed E-state index contributed by atoms with van der Waals surface area (Å²) in [7, 11) is 3.56. The molecule has 1 amide bonds. The van der Waals surface area contributed by atoms with Gasteiger partial charge in [0.1, 0.15) is 0 Å². The second kappa shape index (κ2) is 8.01. The molecule has 0 spiro atoms. The maximum Gasteiger partial charge on any atom is 0.222 e. The van der Waals surface area contributed by atoms with Crippen molar-refractivity contribution in [1.29, 1.82) is 0 Å². The number of amides is 1. The zero-order valence-corrected chi connectivity index (χ0v) is 8.68. The van der Waals surface area contributed by atoms with Crippen molar-refractivity contribution in [2.75, 3.05) is 33.7 Å². The quantitative estimate of drug-likeness (QED) is 0.542. The third-order valence-electron chi connectivity index (χ3n) is 1.80. The van der Waals surface area contributed by atoms with Crippen LogP contribution in [-0.2, 0) is 4.79 Å². The SMILES string of the molecule is CN(C)C(=O)CCCNCCCN. The lowest BCUT2D eigenvalue weighted by Gasteiger charge is -2.09. The van der Waals surface area contributed by atoms with Gasteiger partial charge in [-0.25, -0.2) is 0 Å². The molecule has 0 aliphatic carbocycles. The van der Waals surface area contributed by atoms with Crippen LogP contribution in [0.1, 0.15) is 19.3 Å². The molecule has 0 aliphatic heterocycles. The van der Waals surface area contributed by atoms with Gasteiger partial charge in [0, 0.05) is 20.5 Å². The first-order valence-electron chi connectivity index (χ1n) is 4.79. The van der Waals surface area contributed by atoms with Crippen molar-refractivity contribution in [3.63, 3.8) is 0 Å². The van der Waals surface area contributed by atoms with Crippen molar-refractivity contribution in [3.05, 3.63) is 0 Å². The minimum absolute atomic E-state index is 0.195. The summed E-state index contributed by atoms with van der Waals surface area (Å²) < 4.78 is 0. The van der Waals surface area contributed by atoms with E-state index in [1.165, 1.54) is 0 Å². The molecule has 0 fully saturated rings. The van der Waals surface area contributed by atoms with Crippen molar-refractivity contribution in [2.24, 2.45) is 5.73 Å². The fraction of sp³-hybridized carbons (Fsp3) is 0.889. The van der Waals surface area contributed by atoms with E-state index >= 15 is 0 Å². The molecule has 0 unspecified atom stereocenters. The fourth-order valence-electron chi connectivity index (χ4n) is 0.940. The van der Waals surface area contributed by atoms with E-state index in [2.05, 4.69) is 5.32 Å². The molecule has 0 aromatic carbocycles. The molecule has 0 radical (unpaired) electrons. The van der Waals surface area contributed by atoms with Crippen LogP contribution in [0.4, 0.5) is 0 Å². The smallest absolute Gasteiger partial charge is 0.222 e. The first-order chi connectivity index (χ1) is 6.18. The molecule has 0 saturated heterocycles. The number of nitrogens with one attached hydrogen (secondary N) is 1. The lowest BCUT2D eigenvalue weighted by molar-refractivity contribution is -0.128. The van der Waals surface area contributed by atoms with Gasteiger partial charge in [0.25, 0.3) is 0 Å². The van der Waals surface area contributed by atoms with E-state index in [4.69, 9.17) is 5.73 Å². The summed E-state index contributed by atoms with van der Waals surface area (Å²) in [5.74, 6) is 0.195. The van der Waals surface area contributed by atoms with E-state index in [1.807, 2.05) is 0 Å². The second-order valence-electron chi connectivity index (χ2n) is 3.28. The van der Waals surface area contributed by atoms with Crippen molar-refractivity contribution in [1.82, 2.24) is 10.2 Å². The van der Waals surface area contributed by atoms with Crippen molar-refractivity contribution in [3.8, 4) is 0 Å². The Kier molecular flexibility index (Phi) is 7.63. The third-order valence-corrected chi connectivity index (χ3v) is 1.80. The summed E-state index contributed by atoms with van der Waals surface area (Å²) in [5.41, 5.74) is 5.33. The number of carbonyl (C=O) groups is 1. The van der Waals surface area contributed by atoms with Crippen LogP contribution in [-0.4, -0.2) is 44.5 Å². The number of hydrogen-bond acceptors (Lipinski definition) is 3. The van der Waals surface area contributed by atoms with Gasteiger partial charge in [0.2, 0.25) is 5.91 Å². The molecule has 0 bridgehead atoms. The Morgan fingerprint density at radius 1 is 1.31 bits per heavy atom. The summed E-state index contributed by atoms with van der Waals surface area (Å²) in [6, 6.07) is 0. The highest BCUT2D eigenvalue weighted by Crippen LogP contribution is 1.91. The van der Waals surface area contributed by atoms with Gasteiger partial charge < -0.3 is 16.0 Å². The lowest BCUT2D eigenvalue weighted by atomic mass is 10.3. The number of nitrogens with two attached hydrogens (primary N) is 1. The number of hydrogen-bond donors (Lipinski definition) is 2. The first kappa shape index (κ1) is 12.4. The molecule has 0 atom stereocenters. The minimum Gasteiger partial charge on any atom is -0.349 e. The Morgan fingerprint density at radius 3 is 2.46 bits per heavy atom. The molecule has 0 aliphatic rings. The molecule has 4 nitrogen and oxygen atoms in total. The Morgan fingerprint density at radius 2 is 1.92 bits per heavy atom. The predicted octanol–water partition coefficient (Wildman–Crippen LogP) is -0.207. The number of nitrogens with zero attached hydrogens (tertiary/aromatic N) is 1. The average Bonchev–Trinajstić information content (AvgIpc) is 2.10. The molecule has 0 aromatic heterocycles. The zero-order chi connectivity index (χ0) is 10.1. The summed E-state index contributed by atoms with van der Waals surface area (Å²) >= 11 is 0. The van der Waals surface area contributed by atoms with Crippen molar-refractivity contribution in [2.45, 2.75) is 19.3 Å². The molecule has 13 heavy (non-hydrogen) atoms. The highest BCUT2D eigenvalue weighted by Gasteiger charge is 2.01. The topological polar surface area (TPSA) is 58.4 Å². The minimum atomic E-state index is 0.195. The van der Waals surface area contributed by atoms with E-state index in [9.17, 15) is 4.79 Å². The Balaban J connectivity index is 3.12. The molecule has 0 saturated carbocycles. The van der Waals surface area contributed by atoms with Gasteiger partial charge in [-0.1, -0.05) is 0 Å². The standard InChI is InChI=1S/C9H21N3O/c1-12(2)9(13)5-3-7-11-8-4-6-10/h11H,3-8,10H2,1-2H3. The molecular formula is C9H21N3O. The predicted molar refractivity (Wildman–Crippen MR) is 54.5 cm³/mol. The van der Waals surface area contributed by atoms with Crippen LogP contribution in [0.3, 0.4) is 0 Å². The van der Waals surface area contributed by atoms with Gasteiger partial charge in [-0.05, 0) is 32.5 Å². The third kappa shape index (κ3) is 7.74. The average molecular weight is 187 g/mol. The van der Waals surface area contributed by atoms with Crippen LogP contribution in [0, 0.1) is 0 Å². The van der Waals surface area contributed by atoms with Crippen LogP contribution in [0.5, 0.6) is 0 Å². The molecule has 0 rings (SSSR count). The van der Waals surface area contributed by atoms with E-state index < -0.39 is 0 Å². The Bertz CT molecular complexity index is 137. The van der Waals surface area contributed by atoms with Crippen molar-refractivity contribution < 1.29 is 4.79 Å². The molecule has 4 heteroatoms. The number of rotatable bonds is 7. The maximum atomic E-state index is 11.1. The second-order valence-corrected chi connectivity index (χ2v) is 3.28. The molecule has 0 heterocycles. The largest absolute Gasteiger partial charge is 0.349 e. The van der Waals surface area contributed by atoms with Crippen LogP contribution in [0.25, 0.3) is 0 Å². The lowest BCUT2D eigenvalue weighted by Crippen LogP contribution is -2.24. The summed E-state index contributed by atoms with van der Waals surface area (Å²) in [4.78, 5) is 12.7. The molecule has 3 N–H and O–H groups in total. The summed E-state index contributed by atoms with van der Waals surface area (Å²) in [6.07, 6.45) is 2.53. The molecule has 78 valence electrons. The molecule has 0 aromatic rings. The highest BCUT2D eigenvalue weighted by molar-refractivity contribution is 5.75. The summed E-state index contributed by atoms with van der Waals surface area (Å²) in [6.45, 7) is 2.58. The van der Waals surface area contributed by atoms with Gasteiger partial charge in [-0.2, -0.15) is 0 Å². The van der Waals surface area contributed by atoms with Crippen molar-refractivity contribution >= 4 is 5.91 Å². The van der Waals surface area contributed by atoms with E-state index in [-0.39, 0.29) is 5.91 Å². The molecular weight excluding hydrogens is 166 g/mol. The maximum absolute atomic E-state index is 11.1. The van der Waals surface area contributed by atoms with Gasteiger partial charge in [-0.15, -0.1) is 0 Å². The monoisotopic (exact) mass is 187 g/mol. The van der Waals surface area contributed by atoms with Gasteiger partial charge in [0.05, 0.1) is 0 Å². The van der Waals surface area contributed by atoms with Crippen LogP contribution in [0.2, 0.25) is 0 Å². The van der Waals surface area contributed by atoms with E-state index in [1.54, 1.807) is 19.0 Å². The van der Waals surface area contributed by atoms with Crippen LogP contribution < -0.4 is 11.1 Å². The van der Waals surface area contributed by atoms with Gasteiger partial charge in [-0.3, -0.25) is 4.79 Å². The zero-order valence-electron chi connectivity index (χ0n) is 8.68. The van der Waals surface area contributed by atoms with Gasteiger partial charge >= 0.3 is 0 Å². The van der Waals surface area contributed by atoms with Gasteiger partial charge in [0.15, 0.2) is 0 Å². The normalized spacial score (nSPS) is 10.1. The van der Waals surface area contributed by atoms with Crippen LogP contribution >= 0.6 is 0 Å². The van der Waals surface area contributed by atoms with E-state index in [0.29, 0.717) is 6.42 Å². The number of carbonyl (C=O) groups excluding carboxylic acids is 1.